The van der Waals surface area contributed by atoms with Crippen molar-refractivity contribution in [1.82, 2.24) is 15.0 Å². The van der Waals surface area contributed by atoms with Gasteiger partial charge in [-0.05, 0) is 36.6 Å². The van der Waals surface area contributed by atoms with Gasteiger partial charge in [0.2, 0.25) is 11.7 Å². The molecule has 24 heavy (non-hydrogen) atoms. The van der Waals surface area contributed by atoms with Crippen LogP contribution in [-0.4, -0.2) is 33.2 Å². The summed E-state index contributed by atoms with van der Waals surface area (Å²) in [5, 5.41) is 15.0. The Morgan fingerprint density at radius 3 is 2.92 bits per heavy atom. The Hall–Kier alpha value is -2.44. The highest BCUT2D eigenvalue weighted by molar-refractivity contribution is 5.44. The van der Waals surface area contributed by atoms with Gasteiger partial charge in [0.25, 0.3) is 0 Å². The van der Waals surface area contributed by atoms with Gasteiger partial charge in [-0.25, -0.2) is 0 Å². The largest absolute Gasteiger partial charge is 0.461 e. The van der Waals surface area contributed by atoms with Gasteiger partial charge in [-0.2, -0.15) is 4.98 Å². The zero-order valence-corrected chi connectivity index (χ0v) is 13.5. The summed E-state index contributed by atoms with van der Waals surface area (Å²) < 4.78 is 10.6. The molecule has 1 aliphatic heterocycles. The number of likely N-dealkylation sites (tertiary alicyclic amines) is 1. The van der Waals surface area contributed by atoms with Crippen LogP contribution in [0, 0.1) is 6.92 Å². The first-order valence-electron chi connectivity index (χ1n) is 8.01. The van der Waals surface area contributed by atoms with Crippen LogP contribution >= 0.6 is 0 Å². The summed E-state index contributed by atoms with van der Waals surface area (Å²) in [4.78, 5) is 6.49. The van der Waals surface area contributed by atoms with E-state index in [9.17, 15) is 5.11 Å². The zero-order chi connectivity index (χ0) is 16.6. The highest BCUT2D eigenvalue weighted by Gasteiger charge is 2.38. The van der Waals surface area contributed by atoms with Crippen molar-refractivity contribution in [2.75, 3.05) is 13.1 Å². The molecule has 6 nitrogen and oxygen atoms in total. The minimum absolute atomic E-state index is 0.448. The Balaban J connectivity index is 1.47. The van der Waals surface area contributed by atoms with E-state index in [-0.39, 0.29) is 0 Å². The number of nitrogens with zero attached hydrogens (tertiary/aromatic N) is 3. The van der Waals surface area contributed by atoms with Crippen molar-refractivity contribution in [3.8, 4) is 11.6 Å². The molecule has 0 amide bonds. The van der Waals surface area contributed by atoms with Gasteiger partial charge in [-0.1, -0.05) is 29.4 Å². The number of aryl methyl sites for hydroxylation is 1. The normalized spacial score (nSPS) is 21.4. The van der Waals surface area contributed by atoms with E-state index < -0.39 is 5.60 Å². The maximum Gasteiger partial charge on any atom is 0.241 e. The third kappa shape index (κ3) is 2.74. The molecule has 0 bridgehead atoms. The van der Waals surface area contributed by atoms with Gasteiger partial charge in [0, 0.05) is 13.1 Å². The summed E-state index contributed by atoms with van der Waals surface area (Å²) in [5.41, 5.74) is 1.28. The SMILES string of the molecule is Cc1ccccc1[C@@]1(O)CCN(Cc2nc(-c3ccco3)no2)C1. The fourth-order valence-electron chi connectivity index (χ4n) is 3.34. The summed E-state index contributed by atoms with van der Waals surface area (Å²) in [5.74, 6) is 1.56. The number of benzene rings is 1. The Morgan fingerprint density at radius 1 is 1.25 bits per heavy atom. The van der Waals surface area contributed by atoms with Crippen molar-refractivity contribution >= 4 is 0 Å². The quantitative estimate of drug-likeness (QED) is 0.795. The minimum Gasteiger partial charge on any atom is -0.461 e. The van der Waals surface area contributed by atoms with Crippen LogP contribution in [0.2, 0.25) is 0 Å². The lowest BCUT2D eigenvalue weighted by molar-refractivity contribution is 0.0435. The van der Waals surface area contributed by atoms with E-state index in [1.54, 1.807) is 18.4 Å². The number of hydrogen-bond donors (Lipinski definition) is 1. The Bertz CT molecular complexity index is 828. The zero-order valence-electron chi connectivity index (χ0n) is 13.5. The third-order valence-corrected chi connectivity index (χ3v) is 4.54. The molecule has 3 aromatic rings. The van der Waals surface area contributed by atoms with E-state index in [2.05, 4.69) is 15.0 Å². The van der Waals surface area contributed by atoms with E-state index in [1.807, 2.05) is 31.2 Å². The molecule has 1 aromatic carbocycles. The molecule has 1 fully saturated rings. The summed E-state index contributed by atoms with van der Waals surface area (Å²) in [6, 6.07) is 11.6. The smallest absolute Gasteiger partial charge is 0.241 e. The number of aliphatic hydroxyl groups is 1. The van der Waals surface area contributed by atoms with Crippen molar-refractivity contribution < 1.29 is 14.0 Å². The predicted molar refractivity (Wildman–Crippen MR) is 87.0 cm³/mol. The molecular formula is C18H19N3O3. The Labute approximate surface area is 139 Å². The first-order valence-corrected chi connectivity index (χ1v) is 8.01. The predicted octanol–water partition coefficient (Wildman–Crippen LogP) is 2.73. The van der Waals surface area contributed by atoms with Crippen LogP contribution in [0.4, 0.5) is 0 Å². The van der Waals surface area contributed by atoms with Crippen molar-refractivity contribution in [2.45, 2.75) is 25.5 Å². The number of furan rings is 1. The van der Waals surface area contributed by atoms with Gasteiger partial charge >= 0.3 is 0 Å². The maximum atomic E-state index is 11.0. The van der Waals surface area contributed by atoms with Crippen molar-refractivity contribution in [3.05, 3.63) is 59.7 Å². The summed E-state index contributed by atoms with van der Waals surface area (Å²) in [6.07, 6.45) is 2.27. The summed E-state index contributed by atoms with van der Waals surface area (Å²) >= 11 is 0. The monoisotopic (exact) mass is 325 g/mol. The topological polar surface area (TPSA) is 75.5 Å². The van der Waals surface area contributed by atoms with Crippen molar-refractivity contribution in [1.29, 1.82) is 0 Å². The Morgan fingerprint density at radius 2 is 2.12 bits per heavy atom. The highest BCUT2D eigenvalue weighted by Crippen LogP contribution is 2.34. The lowest BCUT2D eigenvalue weighted by atomic mass is 9.89. The molecular weight excluding hydrogens is 306 g/mol. The van der Waals surface area contributed by atoms with E-state index >= 15 is 0 Å². The Kier molecular flexibility index (Phi) is 3.70. The van der Waals surface area contributed by atoms with Crippen LogP contribution in [0.25, 0.3) is 11.6 Å². The van der Waals surface area contributed by atoms with Gasteiger partial charge < -0.3 is 14.0 Å². The van der Waals surface area contributed by atoms with E-state index in [0.717, 1.165) is 17.7 Å². The molecule has 124 valence electrons. The summed E-state index contributed by atoms with van der Waals surface area (Å²) in [7, 11) is 0. The fourth-order valence-corrected chi connectivity index (χ4v) is 3.34. The lowest BCUT2D eigenvalue weighted by Crippen LogP contribution is -2.31. The van der Waals surface area contributed by atoms with Crippen LogP contribution in [0.3, 0.4) is 0 Å². The number of β-amino-alcohol motifs (C(OH)–C–C–N with tert-alkyl or cyclic N) is 1. The second-order valence-corrected chi connectivity index (χ2v) is 6.30. The molecule has 1 N–H and O–H groups in total. The average molecular weight is 325 g/mol. The van der Waals surface area contributed by atoms with Gasteiger partial charge in [0.15, 0.2) is 5.76 Å². The molecule has 2 aromatic heterocycles. The highest BCUT2D eigenvalue weighted by atomic mass is 16.5. The van der Waals surface area contributed by atoms with Crippen molar-refractivity contribution in [3.63, 3.8) is 0 Å². The molecule has 4 rings (SSSR count). The van der Waals surface area contributed by atoms with Gasteiger partial charge in [0.05, 0.1) is 12.8 Å². The van der Waals surface area contributed by atoms with Crippen LogP contribution in [0.15, 0.2) is 51.6 Å². The first kappa shape index (κ1) is 15.1. The van der Waals surface area contributed by atoms with Gasteiger partial charge in [-0.15, -0.1) is 0 Å². The number of aromatic nitrogens is 2. The van der Waals surface area contributed by atoms with Crippen LogP contribution < -0.4 is 0 Å². The van der Waals surface area contributed by atoms with Crippen LogP contribution in [0.1, 0.15) is 23.4 Å². The molecule has 0 spiro atoms. The molecule has 0 radical (unpaired) electrons. The molecule has 6 heteroatoms. The first-order chi connectivity index (χ1) is 11.6. The summed E-state index contributed by atoms with van der Waals surface area (Å²) in [6.45, 7) is 3.88. The van der Waals surface area contributed by atoms with Crippen molar-refractivity contribution in [2.24, 2.45) is 0 Å². The maximum absolute atomic E-state index is 11.0. The third-order valence-electron chi connectivity index (χ3n) is 4.54. The molecule has 3 heterocycles. The van der Waals surface area contributed by atoms with E-state index in [0.29, 0.717) is 37.0 Å². The molecule has 1 saturated heterocycles. The molecule has 1 atom stereocenters. The number of rotatable bonds is 4. The van der Waals surface area contributed by atoms with E-state index in [1.165, 1.54) is 0 Å². The average Bonchev–Trinajstić information content (AvgIpc) is 3.29. The number of hydrogen-bond acceptors (Lipinski definition) is 6. The standard InChI is InChI=1S/C18H19N3O3/c1-13-5-2-3-6-14(13)18(22)8-9-21(12-18)11-16-19-17(20-24-16)15-7-4-10-23-15/h2-7,10,22H,8-9,11-12H2,1H3/t18-/m1/s1. The van der Waals surface area contributed by atoms with Crippen LogP contribution in [-0.2, 0) is 12.1 Å². The fraction of sp³-hybridized carbons (Fsp3) is 0.333. The van der Waals surface area contributed by atoms with Gasteiger partial charge in [-0.3, -0.25) is 4.90 Å². The second kappa shape index (κ2) is 5.89. The van der Waals surface area contributed by atoms with Gasteiger partial charge in [0.1, 0.15) is 5.60 Å². The molecule has 0 saturated carbocycles. The second-order valence-electron chi connectivity index (χ2n) is 6.30. The molecule has 0 unspecified atom stereocenters. The molecule has 1 aliphatic rings. The minimum atomic E-state index is -0.824. The molecule has 0 aliphatic carbocycles. The van der Waals surface area contributed by atoms with E-state index in [4.69, 9.17) is 8.94 Å². The lowest BCUT2D eigenvalue weighted by Gasteiger charge is -2.25. The van der Waals surface area contributed by atoms with Crippen LogP contribution in [0.5, 0.6) is 0 Å².